The van der Waals surface area contributed by atoms with Crippen molar-refractivity contribution in [2.24, 2.45) is 5.92 Å². The molecule has 1 aliphatic heterocycles. The molecule has 3 rings (SSSR count). The highest BCUT2D eigenvalue weighted by Gasteiger charge is 2.31. The first-order chi connectivity index (χ1) is 11.1. The highest BCUT2D eigenvalue weighted by Crippen LogP contribution is 2.27. The van der Waals surface area contributed by atoms with Crippen LogP contribution in [0.25, 0.3) is 0 Å². The van der Waals surface area contributed by atoms with E-state index in [0.717, 1.165) is 25.7 Å². The number of benzene rings is 1. The van der Waals surface area contributed by atoms with E-state index in [9.17, 15) is 14.7 Å². The van der Waals surface area contributed by atoms with Crippen LogP contribution in [-0.2, 0) is 4.79 Å². The number of halogens is 1. The largest absolute Gasteiger partial charge is 0.507 e. The van der Waals surface area contributed by atoms with Gasteiger partial charge in [0.05, 0.1) is 5.56 Å². The van der Waals surface area contributed by atoms with E-state index in [2.05, 4.69) is 0 Å². The molecule has 0 spiro atoms. The van der Waals surface area contributed by atoms with Crippen molar-refractivity contribution in [1.29, 1.82) is 0 Å². The number of rotatable bonds is 2. The van der Waals surface area contributed by atoms with Crippen LogP contribution in [0.3, 0.4) is 0 Å². The first-order valence-electron chi connectivity index (χ1n) is 8.13. The summed E-state index contributed by atoms with van der Waals surface area (Å²) in [7, 11) is 0. The zero-order chi connectivity index (χ0) is 16.4. The minimum atomic E-state index is -0.238. The molecule has 1 aliphatic carbocycles. The molecule has 0 aromatic heterocycles. The lowest BCUT2D eigenvalue weighted by atomic mass is 10.1. The van der Waals surface area contributed by atoms with Gasteiger partial charge in [0.1, 0.15) is 5.75 Å². The number of hydrogen-bond donors (Lipinski definition) is 1. The van der Waals surface area contributed by atoms with Crippen molar-refractivity contribution in [1.82, 2.24) is 9.80 Å². The van der Waals surface area contributed by atoms with Gasteiger partial charge < -0.3 is 14.9 Å². The van der Waals surface area contributed by atoms with E-state index in [-0.39, 0.29) is 29.0 Å². The summed E-state index contributed by atoms with van der Waals surface area (Å²) in [5.41, 5.74) is 0.216. The van der Waals surface area contributed by atoms with E-state index in [0.29, 0.717) is 31.2 Å². The molecule has 124 valence electrons. The van der Waals surface area contributed by atoms with Gasteiger partial charge in [-0.3, -0.25) is 9.59 Å². The van der Waals surface area contributed by atoms with Crippen molar-refractivity contribution in [2.75, 3.05) is 26.2 Å². The summed E-state index contributed by atoms with van der Waals surface area (Å²) in [6, 6.07) is 4.45. The lowest BCUT2D eigenvalue weighted by Gasteiger charge is -2.36. The van der Waals surface area contributed by atoms with Crippen LogP contribution in [0.5, 0.6) is 5.75 Å². The summed E-state index contributed by atoms with van der Waals surface area (Å²) < 4.78 is 0. The molecule has 0 atom stereocenters. The molecule has 2 amide bonds. The Kier molecular flexibility index (Phi) is 4.76. The van der Waals surface area contributed by atoms with Crippen LogP contribution in [0, 0.1) is 5.92 Å². The predicted molar refractivity (Wildman–Crippen MR) is 87.6 cm³/mol. The molecule has 1 aromatic carbocycles. The Bertz CT molecular complexity index is 606. The first-order valence-corrected chi connectivity index (χ1v) is 8.50. The van der Waals surface area contributed by atoms with E-state index >= 15 is 0 Å². The van der Waals surface area contributed by atoms with Gasteiger partial charge in [-0.2, -0.15) is 0 Å². The Balaban J connectivity index is 1.61. The maximum atomic E-state index is 12.5. The quantitative estimate of drug-likeness (QED) is 0.902. The summed E-state index contributed by atoms with van der Waals surface area (Å²) in [6.45, 7) is 2.09. The molecular formula is C17H21ClN2O3. The number of phenolic OH excluding ortho intramolecular Hbond substituents is 1. The Morgan fingerprint density at radius 2 is 1.65 bits per heavy atom. The molecule has 2 aliphatic rings. The fraction of sp³-hybridized carbons (Fsp3) is 0.529. The van der Waals surface area contributed by atoms with Crippen LogP contribution in [-0.4, -0.2) is 52.9 Å². The lowest BCUT2D eigenvalue weighted by Crippen LogP contribution is -2.51. The maximum absolute atomic E-state index is 12.5. The third-order valence-corrected chi connectivity index (χ3v) is 5.01. The molecule has 1 N–H and O–H groups in total. The highest BCUT2D eigenvalue weighted by molar-refractivity contribution is 6.31. The summed E-state index contributed by atoms with van der Waals surface area (Å²) in [5, 5.41) is 10.3. The van der Waals surface area contributed by atoms with Crippen LogP contribution in [0.4, 0.5) is 0 Å². The van der Waals surface area contributed by atoms with Crippen LogP contribution in [0.1, 0.15) is 36.0 Å². The molecule has 0 radical (unpaired) electrons. The molecule has 1 saturated heterocycles. The van der Waals surface area contributed by atoms with Crippen molar-refractivity contribution in [3.8, 4) is 5.75 Å². The summed E-state index contributed by atoms with van der Waals surface area (Å²) in [4.78, 5) is 28.5. The topological polar surface area (TPSA) is 60.9 Å². The van der Waals surface area contributed by atoms with Gasteiger partial charge in [0.2, 0.25) is 5.91 Å². The van der Waals surface area contributed by atoms with Crippen molar-refractivity contribution in [2.45, 2.75) is 25.7 Å². The second-order valence-electron chi connectivity index (χ2n) is 6.26. The minimum absolute atomic E-state index is 0.0659. The second kappa shape index (κ2) is 6.79. The number of aromatic hydroxyl groups is 1. The molecule has 0 unspecified atom stereocenters. The number of hydrogen-bond acceptors (Lipinski definition) is 3. The Morgan fingerprint density at radius 3 is 2.30 bits per heavy atom. The number of phenols is 1. The van der Waals surface area contributed by atoms with Gasteiger partial charge in [-0.1, -0.05) is 24.4 Å². The average molecular weight is 337 g/mol. The monoisotopic (exact) mass is 336 g/mol. The smallest absolute Gasteiger partial charge is 0.257 e. The molecule has 23 heavy (non-hydrogen) atoms. The zero-order valence-electron chi connectivity index (χ0n) is 13.0. The number of piperazine rings is 1. The van der Waals surface area contributed by atoms with Gasteiger partial charge in [-0.15, -0.1) is 0 Å². The normalized spacial score (nSPS) is 19.2. The van der Waals surface area contributed by atoms with Crippen LogP contribution in [0.15, 0.2) is 18.2 Å². The molecule has 1 aromatic rings. The van der Waals surface area contributed by atoms with Gasteiger partial charge in [0.25, 0.3) is 5.91 Å². The molecule has 1 heterocycles. The molecule has 0 bridgehead atoms. The highest BCUT2D eigenvalue weighted by atomic mass is 35.5. The standard InChI is InChI=1S/C17H21ClN2O3/c18-13-5-6-15(21)14(11-13)17(23)20-9-7-19(8-10-20)16(22)12-3-1-2-4-12/h5-6,11-12,21H,1-4,7-10H2. The average Bonchev–Trinajstić information content (AvgIpc) is 3.10. The van der Waals surface area contributed by atoms with Gasteiger partial charge in [0.15, 0.2) is 0 Å². The Labute approximate surface area is 140 Å². The van der Waals surface area contributed by atoms with E-state index in [4.69, 9.17) is 11.6 Å². The number of carbonyl (C=O) groups excluding carboxylic acids is 2. The zero-order valence-corrected chi connectivity index (χ0v) is 13.8. The molecule has 1 saturated carbocycles. The lowest BCUT2D eigenvalue weighted by molar-refractivity contribution is -0.136. The van der Waals surface area contributed by atoms with Crippen molar-refractivity contribution < 1.29 is 14.7 Å². The predicted octanol–water partition coefficient (Wildman–Crippen LogP) is 2.52. The first kappa shape index (κ1) is 16.1. The Hall–Kier alpha value is -1.75. The second-order valence-corrected chi connectivity index (χ2v) is 6.70. The van der Waals surface area contributed by atoms with E-state index < -0.39 is 0 Å². The SMILES string of the molecule is O=C(c1cc(Cl)ccc1O)N1CCN(C(=O)C2CCCC2)CC1. The van der Waals surface area contributed by atoms with Crippen LogP contribution >= 0.6 is 11.6 Å². The van der Waals surface area contributed by atoms with Crippen LogP contribution < -0.4 is 0 Å². The van der Waals surface area contributed by atoms with Gasteiger partial charge >= 0.3 is 0 Å². The molecule has 2 fully saturated rings. The van der Waals surface area contributed by atoms with Crippen molar-refractivity contribution in [3.63, 3.8) is 0 Å². The van der Waals surface area contributed by atoms with E-state index in [1.807, 2.05) is 4.90 Å². The molecular weight excluding hydrogens is 316 g/mol. The molecule has 6 heteroatoms. The molecule has 5 nitrogen and oxygen atoms in total. The fourth-order valence-electron chi connectivity index (χ4n) is 3.41. The summed E-state index contributed by atoms with van der Waals surface area (Å²) in [6.07, 6.45) is 4.27. The van der Waals surface area contributed by atoms with E-state index in [1.54, 1.807) is 11.0 Å². The number of carbonyl (C=O) groups is 2. The van der Waals surface area contributed by atoms with Gasteiger partial charge in [-0.05, 0) is 31.0 Å². The maximum Gasteiger partial charge on any atom is 0.257 e. The van der Waals surface area contributed by atoms with Crippen molar-refractivity contribution >= 4 is 23.4 Å². The summed E-state index contributed by atoms with van der Waals surface area (Å²) in [5.74, 6) is 0.108. The number of nitrogens with zero attached hydrogens (tertiary/aromatic N) is 2. The van der Waals surface area contributed by atoms with Gasteiger partial charge in [0, 0.05) is 37.1 Å². The van der Waals surface area contributed by atoms with Crippen molar-refractivity contribution in [3.05, 3.63) is 28.8 Å². The van der Waals surface area contributed by atoms with Gasteiger partial charge in [-0.25, -0.2) is 0 Å². The third kappa shape index (κ3) is 3.44. The van der Waals surface area contributed by atoms with E-state index in [1.165, 1.54) is 12.1 Å². The summed E-state index contributed by atoms with van der Waals surface area (Å²) >= 11 is 5.90. The third-order valence-electron chi connectivity index (χ3n) is 4.77. The minimum Gasteiger partial charge on any atom is -0.507 e. The fourth-order valence-corrected chi connectivity index (χ4v) is 3.58. The van der Waals surface area contributed by atoms with Crippen LogP contribution in [0.2, 0.25) is 5.02 Å². The Morgan fingerprint density at radius 1 is 1.04 bits per heavy atom. The number of amides is 2.